The Morgan fingerprint density at radius 3 is 2.20 bits per heavy atom. The molecule has 1 fully saturated rings. The Morgan fingerprint density at radius 2 is 1.73 bits per heavy atom. The molecule has 1 aliphatic heterocycles. The van der Waals surface area contributed by atoms with Crippen LogP contribution in [0.3, 0.4) is 0 Å². The third-order valence-electron chi connectivity index (χ3n) is 3.52. The zero-order valence-electron chi connectivity index (χ0n) is 9.41. The maximum atomic E-state index is 11.4. The molecule has 0 aromatic heterocycles. The minimum Gasteiger partial charge on any atom is -0.454 e. The highest BCUT2D eigenvalue weighted by Gasteiger charge is 2.52. The molecule has 1 aromatic rings. The number of esters is 1. The molecule has 0 N–H and O–H groups in total. The summed E-state index contributed by atoms with van der Waals surface area (Å²) in [5.41, 5.74) is 0.428. The quantitative estimate of drug-likeness (QED) is 0.657. The van der Waals surface area contributed by atoms with E-state index >= 15 is 0 Å². The summed E-state index contributed by atoms with van der Waals surface area (Å²) >= 11 is 0. The summed E-state index contributed by atoms with van der Waals surface area (Å²) in [6, 6.07) is 9.95. The van der Waals surface area contributed by atoms with Crippen molar-refractivity contribution in [3.05, 3.63) is 35.9 Å². The lowest BCUT2D eigenvalue weighted by Crippen LogP contribution is -2.35. The fourth-order valence-electron chi connectivity index (χ4n) is 2.14. The maximum absolute atomic E-state index is 11.4. The predicted molar refractivity (Wildman–Crippen MR) is 58.3 cm³/mol. The van der Waals surface area contributed by atoms with Gasteiger partial charge in [-0.05, 0) is 12.5 Å². The molecule has 1 atom stereocenters. The predicted octanol–water partition coefficient (Wildman–Crippen LogP) is 2.87. The lowest BCUT2D eigenvalue weighted by Gasteiger charge is -2.35. The monoisotopic (exact) mass is 204 g/mol. The zero-order valence-corrected chi connectivity index (χ0v) is 9.41. The lowest BCUT2D eigenvalue weighted by molar-refractivity contribution is -0.150. The van der Waals surface area contributed by atoms with Gasteiger partial charge in [0, 0.05) is 5.41 Å². The SMILES string of the molecule is CC1(C)CC(=O)O[C@]1(C)c1ccccc1. The molecule has 0 aliphatic carbocycles. The number of carbonyl (C=O) groups excluding carboxylic acids is 1. The van der Waals surface area contributed by atoms with Gasteiger partial charge in [0.15, 0.2) is 0 Å². The van der Waals surface area contributed by atoms with Crippen molar-refractivity contribution >= 4 is 5.97 Å². The molecule has 2 nitrogen and oxygen atoms in total. The minimum absolute atomic E-state index is 0.105. The Labute approximate surface area is 90.3 Å². The van der Waals surface area contributed by atoms with E-state index in [4.69, 9.17) is 4.74 Å². The van der Waals surface area contributed by atoms with Crippen molar-refractivity contribution in [2.75, 3.05) is 0 Å². The number of rotatable bonds is 1. The molecule has 0 spiro atoms. The first-order valence-electron chi connectivity index (χ1n) is 5.23. The average Bonchev–Trinajstić information content (AvgIpc) is 2.38. The fourth-order valence-corrected chi connectivity index (χ4v) is 2.14. The third kappa shape index (κ3) is 1.44. The Bertz CT molecular complexity index is 381. The van der Waals surface area contributed by atoms with Crippen LogP contribution in [0.1, 0.15) is 32.8 Å². The van der Waals surface area contributed by atoms with Crippen molar-refractivity contribution in [3.63, 3.8) is 0 Å². The van der Waals surface area contributed by atoms with Gasteiger partial charge in [-0.3, -0.25) is 4.79 Å². The molecular formula is C13H16O2. The van der Waals surface area contributed by atoms with Crippen LogP contribution in [0.15, 0.2) is 30.3 Å². The second-order valence-corrected chi connectivity index (χ2v) is 4.93. The van der Waals surface area contributed by atoms with E-state index < -0.39 is 5.60 Å². The second-order valence-electron chi connectivity index (χ2n) is 4.93. The molecule has 1 aliphatic rings. The van der Waals surface area contributed by atoms with Crippen LogP contribution in [-0.2, 0) is 15.1 Å². The highest BCUT2D eigenvalue weighted by Crippen LogP contribution is 2.50. The van der Waals surface area contributed by atoms with E-state index in [-0.39, 0.29) is 11.4 Å². The minimum atomic E-state index is -0.495. The first kappa shape index (κ1) is 10.2. The Kier molecular flexibility index (Phi) is 2.10. The maximum Gasteiger partial charge on any atom is 0.307 e. The molecule has 0 unspecified atom stereocenters. The molecule has 1 aromatic carbocycles. The summed E-state index contributed by atoms with van der Waals surface area (Å²) in [4.78, 5) is 11.4. The van der Waals surface area contributed by atoms with E-state index in [2.05, 4.69) is 13.8 Å². The van der Waals surface area contributed by atoms with E-state index in [1.165, 1.54) is 0 Å². The number of hydrogen-bond donors (Lipinski definition) is 0. The van der Waals surface area contributed by atoms with Crippen molar-refractivity contribution in [3.8, 4) is 0 Å². The van der Waals surface area contributed by atoms with Gasteiger partial charge in [-0.2, -0.15) is 0 Å². The van der Waals surface area contributed by atoms with Crippen LogP contribution in [0, 0.1) is 5.41 Å². The fraction of sp³-hybridized carbons (Fsp3) is 0.462. The molecule has 0 amide bonds. The van der Waals surface area contributed by atoms with Crippen LogP contribution in [0.4, 0.5) is 0 Å². The average molecular weight is 204 g/mol. The highest BCUT2D eigenvalue weighted by atomic mass is 16.6. The van der Waals surface area contributed by atoms with Gasteiger partial charge in [-0.25, -0.2) is 0 Å². The first-order valence-corrected chi connectivity index (χ1v) is 5.23. The molecule has 2 rings (SSSR count). The summed E-state index contributed by atoms with van der Waals surface area (Å²) in [6.07, 6.45) is 0.485. The van der Waals surface area contributed by atoms with Gasteiger partial charge < -0.3 is 4.74 Å². The second kappa shape index (κ2) is 3.09. The normalized spacial score (nSPS) is 28.9. The van der Waals surface area contributed by atoms with E-state index in [1.807, 2.05) is 37.3 Å². The van der Waals surface area contributed by atoms with E-state index in [9.17, 15) is 4.79 Å². The Balaban J connectivity index is 2.47. The number of hydrogen-bond acceptors (Lipinski definition) is 2. The number of benzene rings is 1. The van der Waals surface area contributed by atoms with Gasteiger partial charge in [0.2, 0.25) is 0 Å². The van der Waals surface area contributed by atoms with Crippen molar-refractivity contribution in [1.82, 2.24) is 0 Å². The van der Waals surface area contributed by atoms with Crippen molar-refractivity contribution in [2.24, 2.45) is 5.41 Å². The van der Waals surface area contributed by atoms with Crippen molar-refractivity contribution in [1.29, 1.82) is 0 Å². The van der Waals surface area contributed by atoms with Crippen LogP contribution in [0.25, 0.3) is 0 Å². The van der Waals surface area contributed by atoms with E-state index in [0.717, 1.165) is 5.56 Å². The molecular weight excluding hydrogens is 188 g/mol. The Hall–Kier alpha value is -1.31. The lowest BCUT2D eigenvalue weighted by atomic mass is 9.72. The van der Waals surface area contributed by atoms with Crippen LogP contribution < -0.4 is 0 Å². The number of carbonyl (C=O) groups is 1. The molecule has 80 valence electrons. The Morgan fingerprint density at radius 1 is 1.13 bits per heavy atom. The van der Waals surface area contributed by atoms with Crippen molar-refractivity contribution < 1.29 is 9.53 Å². The molecule has 0 saturated carbocycles. The summed E-state index contributed by atoms with van der Waals surface area (Å²) in [6.45, 7) is 6.14. The van der Waals surface area contributed by atoms with Gasteiger partial charge >= 0.3 is 5.97 Å². The topological polar surface area (TPSA) is 26.3 Å². The van der Waals surface area contributed by atoms with Crippen LogP contribution in [-0.4, -0.2) is 5.97 Å². The first-order chi connectivity index (χ1) is 6.96. The summed E-state index contributed by atoms with van der Waals surface area (Å²) in [5.74, 6) is -0.105. The molecule has 1 heterocycles. The summed E-state index contributed by atoms with van der Waals surface area (Å²) in [5, 5.41) is 0. The molecule has 2 heteroatoms. The van der Waals surface area contributed by atoms with E-state index in [1.54, 1.807) is 0 Å². The van der Waals surface area contributed by atoms with Gasteiger partial charge in [0.25, 0.3) is 0 Å². The van der Waals surface area contributed by atoms with Crippen molar-refractivity contribution in [2.45, 2.75) is 32.8 Å². The van der Waals surface area contributed by atoms with Crippen LogP contribution in [0.2, 0.25) is 0 Å². The highest BCUT2D eigenvalue weighted by molar-refractivity contribution is 5.74. The largest absolute Gasteiger partial charge is 0.454 e. The van der Waals surface area contributed by atoms with Crippen LogP contribution >= 0.6 is 0 Å². The molecule has 15 heavy (non-hydrogen) atoms. The molecule has 0 bridgehead atoms. The van der Waals surface area contributed by atoms with Gasteiger partial charge in [-0.1, -0.05) is 44.2 Å². The summed E-state index contributed by atoms with van der Waals surface area (Å²) < 4.78 is 5.51. The van der Waals surface area contributed by atoms with Gasteiger partial charge in [0.05, 0.1) is 6.42 Å². The standard InChI is InChI=1S/C13H16O2/c1-12(2)9-11(14)15-13(12,3)10-7-5-4-6-8-10/h4-8H,9H2,1-3H3/t13-/m1/s1. The van der Waals surface area contributed by atoms with E-state index in [0.29, 0.717) is 6.42 Å². The van der Waals surface area contributed by atoms with Gasteiger partial charge in [0.1, 0.15) is 5.60 Å². The number of ether oxygens (including phenoxy) is 1. The zero-order chi connectivity index (χ0) is 11.1. The number of cyclic esters (lactones) is 1. The smallest absolute Gasteiger partial charge is 0.307 e. The molecule has 1 saturated heterocycles. The van der Waals surface area contributed by atoms with Gasteiger partial charge in [-0.15, -0.1) is 0 Å². The van der Waals surface area contributed by atoms with Crippen LogP contribution in [0.5, 0.6) is 0 Å². The summed E-state index contributed by atoms with van der Waals surface area (Å²) in [7, 11) is 0. The molecule has 0 radical (unpaired) electrons. The third-order valence-corrected chi connectivity index (χ3v) is 3.52.